The molecule has 0 radical (unpaired) electrons. The summed E-state index contributed by atoms with van der Waals surface area (Å²) in [6.07, 6.45) is 2.74. The van der Waals surface area contributed by atoms with Crippen LogP contribution in [-0.4, -0.2) is 53.7 Å². The van der Waals surface area contributed by atoms with Crippen LogP contribution in [0.4, 0.5) is 5.00 Å². The van der Waals surface area contributed by atoms with E-state index in [0.29, 0.717) is 35.1 Å². The Hall–Kier alpha value is -2.47. The van der Waals surface area contributed by atoms with Gasteiger partial charge >= 0.3 is 5.97 Å². The van der Waals surface area contributed by atoms with E-state index in [-0.39, 0.29) is 29.9 Å². The number of thiazole rings is 1. The van der Waals surface area contributed by atoms with Crippen LogP contribution in [0.15, 0.2) is 29.3 Å². The van der Waals surface area contributed by atoms with Crippen molar-refractivity contribution in [3.05, 3.63) is 45.1 Å². The number of hydrogen-bond donors (Lipinski definition) is 1. The molecule has 1 aliphatic carbocycles. The molecule has 8 nitrogen and oxygen atoms in total. The Morgan fingerprint density at radius 2 is 1.94 bits per heavy atom. The van der Waals surface area contributed by atoms with Gasteiger partial charge in [-0.05, 0) is 50.8 Å². The number of hydrogen-bond acceptors (Lipinski definition) is 8. The first-order chi connectivity index (χ1) is 17.5. The van der Waals surface area contributed by atoms with E-state index in [2.05, 4.69) is 10.3 Å². The summed E-state index contributed by atoms with van der Waals surface area (Å²) >= 11 is 4.11. The van der Waals surface area contributed by atoms with Crippen LogP contribution in [0, 0.1) is 0 Å². The number of thiophene rings is 1. The van der Waals surface area contributed by atoms with Gasteiger partial charge in [-0.1, -0.05) is 23.5 Å². The molecule has 3 aromatic rings. The van der Waals surface area contributed by atoms with E-state index in [0.717, 1.165) is 39.9 Å². The predicted molar refractivity (Wildman–Crippen MR) is 145 cm³/mol. The summed E-state index contributed by atoms with van der Waals surface area (Å²) in [5.74, 6) is -0.782. The molecule has 2 amide bonds. The topological polar surface area (TPSA) is 99.0 Å². The fourth-order valence-electron chi connectivity index (χ4n) is 4.07. The summed E-state index contributed by atoms with van der Waals surface area (Å²) in [4.78, 5) is 43.8. The van der Waals surface area contributed by atoms with E-state index in [9.17, 15) is 14.4 Å². The van der Waals surface area contributed by atoms with Gasteiger partial charge in [-0.2, -0.15) is 4.99 Å². The lowest BCUT2D eigenvalue weighted by Gasteiger charge is -2.07. The van der Waals surface area contributed by atoms with Gasteiger partial charge in [-0.3, -0.25) is 9.59 Å². The fourth-order valence-corrected chi connectivity index (χ4v) is 7.03. The number of benzene rings is 1. The van der Waals surface area contributed by atoms with E-state index >= 15 is 0 Å². The minimum absolute atomic E-state index is 0.0821. The standard InChI is InChI=1S/C25H29N3O5S3/c1-3-32-13-12-28-17-9-5-6-10-19(17)36-25(28)27-21(30)15-34-14-20(29)26-23-22(24(31)33-4-2)16-8-7-11-18(16)35-23/h5-6,9-10H,3-4,7-8,11-15H2,1-2H3,(H,26,29). The number of amides is 2. The van der Waals surface area contributed by atoms with Gasteiger partial charge < -0.3 is 19.4 Å². The van der Waals surface area contributed by atoms with Gasteiger partial charge in [0, 0.05) is 18.0 Å². The molecule has 0 spiro atoms. The molecule has 1 aliphatic rings. The molecule has 36 heavy (non-hydrogen) atoms. The third-order valence-corrected chi connectivity index (χ3v) is 8.77. The van der Waals surface area contributed by atoms with Crippen molar-refractivity contribution in [3.8, 4) is 0 Å². The molecule has 4 rings (SSSR count). The van der Waals surface area contributed by atoms with Crippen LogP contribution in [0.5, 0.6) is 0 Å². The van der Waals surface area contributed by atoms with E-state index in [1.807, 2.05) is 35.8 Å². The second kappa shape index (κ2) is 12.7. The number of carbonyl (C=O) groups excluding carboxylic acids is 3. The fraction of sp³-hybridized carbons (Fsp3) is 0.440. The summed E-state index contributed by atoms with van der Waals surface area (Å²) in [7, 11) is 0. The molecular weight excluding hydrogens is 518 g/mol. The van der Waals surface area contributed by atoms with E-state index in [1.54, 1.807) is 6.92 Å². The number of anilines is 1. The Morgan fingerprint density at radius 3 is 2.75 bits per heavy atom. The van der Waals surface area contributed by atoms with Crippen molar-refractivity contribution in [2.75, 3.05) is 36.6 Å². The second-order valence-corrected chi connectivity index (χ2v) is 11.1. The number of esters is 1. The first-order valence-corrected chi connectivity index (χ1v) is 14.7. The van der Waals surface area contributed by atoms with Crippen LogP contribution in [0.1, 0.15) is 41.1 Å². The Bertz CT molecular complexity index is 1320. The highest BCUT2D eigenvalue weighted by Crippen LogP contribution is 2.39. The molecule has 11 heteroatoms. The zero-order valence-corrected chi connectivity index (χ0v) is 22.8. The molecule has 0 saturated carbocycles. The number of nitrogens with one attached hydrogen (secondary N) is 1. The van der Waals surface area contributed by atoms with Crippen molar-refractivity contribution in [1.29, 1.82) is 0 Å². The van der Waals surface area contributed by atoms with E-state index < -0.39 is 5.97 Å². The van der Waals surface area contributed by atoms with Crippen molar-refractivity contribution in [2.45, 2.75) is 39.7 Å². The number of para-hydroxylation sites is 1. The van der Waals surface area contributed by atoms with Crippen LogP contribution in [0.2, 0.25) is 0 Å². The summed E-state index contributed by atoms with van der Waals surface area (Å²) in [6.45, 7) is 5.76. The Kier molecular flexibility index (Phi) is 9.35. The first kappa shape index (κ1) is 26.6. The number of rotatable bonds is 11. The van der Waals surface area contributed by atoms with Crippen molar-refractivity contribution in [2.24, 2.45) is 4.99 Å². The first-order valence-electron chi connectivity index (χ1n) is 11.9. The van der Waals surface area contributed by atoms with E-state index in [4.69, 9.17) is 9.47 Å². The molecule has 0 aliphatic heterocycles. The second-order valence-electron chi connectivity index (χ2n) is 8.03. The molecule has 0 bridgehead atoms. The highest BCUT2D eigenvalue weighted by molar-refractivity contribution is 8.00. The molecular formula is C25H29N3O5S3. The molecule has 192 valence electrons. The minimum atomic E-state index is -0.394. The minimum Gasteiger partial charge on any atom is -0.462 e. The third-order valence-electron chi connectivity index (χ3n) is 5.58. The Balaban J connectivity index is 1.38. The predicted octanol–water partition coefficient (Wildman–Crippen LogP) is 4.27. The quantitative estimate of drug-likeness (QED) is 0.284. The SMILES string of the molecule is CCOCCn1c(=NC(=O)CSCC(=O)Nc2sc3c(c2C(=O)OCC)CCC3)sc2ccccc21. The van der Waals surface area contributed by atoms with Crippen LogP contribution in [0.3, 0.4) is 0 Å². The van der Waals surface area contributed by atoms with Crippen LogP contribution >= 0.6 is 34.4 Å². The van der Waals surface area contributed by atoms with Gasteiger partial charge in [0.1, 0.15) is 5.00 Å². The average molecular weight is 548 g/mol. The number of ether oxygens (including phenoxy) is 2. The summed E-state index contributed by atoms with van der Waals surface area (Å²) in [5.41, 5.74) is 2.50. The maximum absolute atomic E-state index is 12.6. The highest BCUT2D eigenvalue weighted by atomic mass is 32.2. The van der Waals surface area contributed by atoms with Crippen molar-refractivity contribution in [3.63, 3.8) is 0 Å². The van der Waals surface area contributed by atoms with Gasteiger partial charge in [-0.25, -0.2) is 4.79 Å². The van der Waals surface area contributed by atoms with Gasteiger partial charge in [-0.15, -0.1) is 23.1 Å². The van der Waals surface area contributed by atoms with Gasteiger partial charge in [0.15, 0.2) is 4.80 Å². The van der Waals surface area contributed by atoms with Crippen molar-refractivity contribution < 1.29 is 23.9 Å². The maximum Gasteiger partial charge on any atom is 0.341 e. The summed E-state index contributed by atoms with van der Waals surface area (Å²) in [6, 6.07) is 7.93. The number of carbonyl (C=O) groups is 3. The lowest BCUT2D eigenvalue weighted by atomic mass is 10.1. The number of fused-ring (bicyclic) bond motifs is 2. The third kappa shape index (κ3) is 6.26. The average Bonchev–Trinajstić information content (AvgIpc) is 3.52. The Labute approximate surface area is 221 Å². The van der Waals surface area contributed by atoms with Gasteiger partial charge in [0.05, 0.1) is 40.5 Å². The largest absolute Gasteiger partial charge is 0.462 e. The van der Waals surface area contributed by atoms with Crippen LogP contribution in [-0.2, 0) is 38.4 Å². The maximum atomic E-state index is 12.6. The summed E-state index contributed by atoms with van der Waals surface area (Å²) in [5, 5.41) is 3.40. The molecule has 0 fully saturated rings. The monoisotopic (exact) mass is 547 g/mol. The zero-order chi connectivity index (χ0) is 25.5. The molecule has 2 heterocycles. The number of thioether (sulfide) groups is 1. The molecule has 2 aromatic heterocycles. The van der Waals surface area contributed by atoms with Crippen LogP contribution in [0.25, 0.3) is 10.2 Å². The van der Waals surface area contributed by atoms with Gasteiger partial charge in [0.25, 0.3) is 5.91 Å². The normalized spacial score (nSPS) is 13.2. The number of nitrogens with zero attached hydrogens (tertiary/aromatic N) is 2. The summed E-state index contributed by atoms with van der Waals surface area (Å²) < 4.78 is 13.7. The van der Waals surface area contributed by atoms with Crippen LogP contribution < -0.4 is 10.1 Å². The molecule has 0 saturated heterocycles. The molecule has 1 N–H and O–H groups in total. The lowest BCUT2D eigenvalue weighted by Crippen LogP contribution is -2.20. The molecule has 1 aromatic carbocycles. The lowest BCUT2D eigenvalue weighted by molar-refractivity contribution is -0.115. The highest BCUT2D eigenvalue weighted by Gasteiger charge is 2.28. The van der Waals surface area contributed by atoms with Crippen molar-refractivity contribution >= 4 is 67.4 Å². The van der Waals surface area contributed by atoms with E-state index in [1.165, 1.54) is 34.4 Å². The van der Waals surface area contributed by atoms with Gasteiger partial charge in [0.2, 0.25) is 5.91 Å². The molecule has 0 atom stereocenters. The number of aromatic nitrogens is 1. The zero-order valence-electron chi connectivity index (χ0n) is 20.3. The smallest absolute Gasteiger partial charge is 0.341 e. The Morgan fingerprint density at radius 1 is 1.11 bits per heavy atom. The molecule has 0 unspecified atom stereocenters. The number of aryl methyl sites for hydroxylation is 1. The van der Waals surface area contributed by atoms with Crippen molar-refractivity contribution in [1.82, 2.24) is 4.57 Å².